The van der Waals surface area contributed by atoms with Crippen molar-refractivity contribution in [1.82, 2.24) is 10.2 Å². The number of rotatable bonds is 6. The molecule has 1 aromatic carbocycles. The summed E-state index contributed by atoms with van der Waals surface area (Å²) in [6.45, 7) is 6.71. The molecule has 1 aliphatic rings. The van der Waals surface area contributed by atoms with E-state index >= 15 is 0 Å². The summed E-state index contributed by atoms with van der Waals surface area (Å²) >= 11 is 5.22. The van der Waals surface area contributed by atoms with Gasteiger partial charge in [0.05, 0.1) is 11.1 Å². The first kappa shape index (κ1) is 24.7. The molecule has 0 saturated carbocycles. The fraction of sp³-hybridized carbons (Fsp3) is 0.650. The van der Waals surface area contributed by atoms with E-state index < -0.39 is 23.5 Å². The van der Waals surface area contributed by atoms with Crippen molar-refractivity contribution < 1.29 is 26.3 Å². The number of nitrogens with one attached hydrogen (secondary N) is 2. The third-order valence-electron chi connectivity index (χ3n) is 5.40. The lowest BCUT2D eigenvalue weighted by atomic mass is 9.98. The molecule has 10 heteroatoms. The minimum absolute atomic E-state index is 0.00441. The van der Waals surface area contributed by atoms with Crippen LogP contribution in [0, 0.1) is 5.92 Å². The number of nitrogens with zero attached hydrogens (tertiary/aromatic N) is 1. The standard InChI is InChI=1S/C20H27F6N3S/c1-3-13(2)17(12-29-7-5-4-6-8-29)28-18(30)27-16-10-14(19(21,22)23)9-15(11-16)20(24,25)26/h9-11,13,17H,3-8,12H2,1-2H3,(H2,27,28,30)/t13-,17+/m0/s1. The third kappa shape index (κ3) is 7.30. The Morgan fingerprint density at radius 2 is 1.53 bits per heavy atom. The van der Waals surface area contributed by atoms with Gasteiger partial charge in [-0.3, -0.25) is 0 Å². The maximum absolute atomic E-state index is 13.0. The first-order valence-corrected chi connectivity index (χ1v) is 10.4. The summed E-state index contributed by atoms with van der Waals surface area (Å²) in [5.41, 5.74) is -3.11. The Balaban J connectivity index is 2.15. The van der Waals surface area contributed by atoms with Gasteiger partial charge >= 0.3 is 12.4 Å². The Morgan fingerprint density at radius 3 is 2.00 bits per heavy atom. The Bertz CT molecular complexity index is 681. The number of thiocarbonyl (C=S) groups is 1. The molecule has 1 aliphatic heterocycles. The number of hydrogen-bond donors (Lipinski definition) is 2. The SMILES string of the molecule is CC[C@H](C)[C@@H](CN1CCCCC1)NC(=S)Nc1cc(C(F)(F)F)cc(C(F)(F)F)c1. The van der Waals surface area contributed by atoms with Crippen LogP contribution in [0.4, 0.5) is 32.0 Å². The molecule has 1 aromatic rings. The molecule has 2 rings (SSSR count). The van der Waals surface area contributed by atoms with E-state index in [1.54, 1.807) is 0 Å². The second kappa shape index (κ2) is 10.2. The van der Waals surface area contributed by atoms with Crippen molar-refractivity contribution in [2.75, 3.05) is 25.0 Å². The molecule has 3 nitrogen and oxygen atoms in total. The van der Waals surface area contributed by atoms with Crippen molar-refractivity contribution in [3.8, 4) is 0 Å². The van der Waals surface area contributed by atoms with Crippen LogP contribution >= 0.6 is 12.2 Å². The Kier molecular flexibility index (Phi) is 8.38. The third-order valence-corrected chi connectivity index (χ3v) is 5.62. The molecule has 0 aromatic heterocycles. The molecule has 1 fully saturated rings. The highest BCUT2D eigenvalue weighted by Gasteiger charge is 2.37. The fourth-order valence-electron chi connectivity index (χ4n) is 3.44. The van der Waals surface area contributed by atoms with E-state index in [2.05, 4.69) is 15.5 Å². The molecule has 1 saturated heterocycles. The van der Waals surface area contributed by atoms with E-state index in [0.29, 0.717) is 18.7 Å². The maximum Gasteiger partial charge on any atom is 0.416 e. The topological polar surface area (TPSA) is 27.3 Å². The molecular weight excluding hydrogens is 428 g/mol. The molecular formula is C20H27F6N3S. The second-order valence-corrected chi connectivity index (χ2v) is 8.15. The van der Waals surface area contributed by atoms with E-state index in [9.17, 15) is 26.3 Å². The van der Waals surface area contributed by atoms with Gasteiger partial charge in [-0.1, -0.05) is 26.7 Å². The molecule has 0 amide bonds. The van der Waals surface area contributed by atoms with Gasteiger partial charge in [-0.15, -0.1) is 0 Å². The number of likely N-dealkylation sites (tertiary alicyclic amines) is 1. The van der Waals surface area contributed by atoms with Gasteiger partial charge in [0.1, 0.15) is 0 Å². The summed E-state index contributed by atoms with van der Waals surface area (Å²) in [5, 5.41) is 5.62. The van der Waals surface area contributed by atoms with E-state index in [1.807, 2.05) is 13.8 Å². The normalized spacial score (nSPS) is 18.0. The van der Waals surface area contributed by atoms with Crippen LogP contribution in [0.15, 0.2) is 18.2 Å². The Morgan fingerprint density at radius 1 is 1.00 bits per heavy atom. The molecule has 2 atom stereocenters. The molecule has 0 aliphatic carbocycles. The lowest BCUT2D eigenvalue weighted by molar-refractivity contribution is -0.143. The van der Waals surface area contributed by atoms with Gasteiger partial charge in [0.25, 0.3) is 0 Å². The fourth-order valence-corrected chi connectivity index (χ4v) is 3.70. The van der Waals surface area contributed by atoms with Gasteiger partial charge in [0.15, 0.2) is 5.11 Å². The zero-order valence-electron chi connectivity index (χ0n) is 17.0. The Labute approximate surface area is 178 Å². The monoisotopic (exact) mass is 455 g/mol. The highest BCUT2D eigenvalue weighted by molar-refractivity contribution is 7.80. The largest absolute Gasteiger partial charge is 0.416 e. The van der Waals surface area contributed by atoms with E-state index in [1.165, 1.54) is 6.42 Å². The molecule has 0 radical (unpaired) electrons. The molecule has 0 unspecified atom stereocenters. The van der Waals surface area contributed by atoms with Crippen molar-refractivity contribution in [1.29, 1.82) is 0 Å². The molecule has 30 heavy (non-hydrogen) atoms. The van der Waals surface area contributed by atoms with Crippen LogP contribution in [0.2, 0.25) is 0 Å². The first-order chi connectivity index (χ1) is 13.9. The van der Waals surface area contributed by atoms with Gasteiger partial charge in [-0.2, -0.15) is 26.3 Å². The van der Waals surface area contributed by atoms with Gasteiger partial charge in [0.2, 0.25) is 0 Å². The van der Waals surface area contributed by atoms with Crippen molar-refractivity contribution in [2.24, 2.45) is 5.92 Å². The number of hydrogen-bond acceptors (Lipinski definition) is 2. The highest BCUT2D eigenvalue weighted by atomic mass is 32.1. The summed E-state index contributed by atoms with van der Waals surface area (Å²) in [5.74, 6) is 0.221. The van der Waals surface area contributed by atoms with Crippen LogP contribution in [-0.2, 0) is 12.4 Å². The summed E-state index contributed by atoms with van der Waals surface area (Å²) in [6, 6.07) is 1.29. The predicted octanol–water partition coefficient (Wildman–Crippen LogP) is 5.91. The quantitative estimate of drug-likeness (QED) is 0.412. The van der Waals surface area contributed by atoms with Crippen LogP contribution in [-0.4, -0.2) is 35.7 Å². The Hall–Kier alpha value is -1.55. The molecule has 2 N–H and O–H groups in total. The van der Waals surface area contributed by atoms with E-state index in [-0.39, 0.29) is 28.8 Å². The molecule has 0 bridgehead atoms. The average Bonchev–Trinajstić information content (AvgIpc) is 2.66. The van der Waals surface area contributed by atoms with Crippen LogP contribution in [0.1, 0.15) is 50.7 Å². The number of alkyl halides is 6. The zero-order chi connectivity index (χ0) is 22.5. The minimum atomic E-state index is -4.90. The van der Waals surface area contributed by atoms with Gasteiger partial charge in [-0.25, -0.2) is 0 Å². The lowest BCUT2D eigenvalue weighted by Gasteiger charge is -2.34. The van der Waals surface area contributed by atoms with E-state index in [4.69, 9.17) is 12.2 Å². The van der Waals surface area contributed by atoms with Crippen LogP contribution in [0.3, 0.4) is 0 Å². The number of benzene rings is 1. The van der Waals surface area contributed by atoms with Crippen molar-refractivity contribution in [3.05, 3.63) is 29.3 Å². The average molecular weight is 456 g/mol. The first-order valence-electron chi connectivity index (χ1n) is 9.99. The minimum Gasteiger partial charge on any atom is -0.358 e. The highest BCUT2D eigenvalue weighted by Crippen LogP contribution is 2.37. The summed E-state index contributed by atoms with van der Waals surface area (Å²) in [4.78, 5) is 2.31. The van der Waals surface area contributed by atoms with Crippen LogP contribution in [0.25, 0.3) is 0 Å². The maximum atomic E-state index is 13.0. The molecule has 1 heterocycles. The van der Waals surface area contributed by atoms with Crippen molar-refractivity contribution >= 4 is 23.0 Å². The van der Waals surface area contributed by atoms with Gasteiger partial charge in [0, 0.05) is 18.3 Å². The lowest BCUT2D eigenvalue weighted by Crippen LogP contribution is -2.49. The molecule has 170 valence electrons. The number of piperidine rings is 1. The molecule has 0 spiro atoms. The van der Waals surface area contributed by atoms with Crippen LogP contribution in [0.5, 0.6) is 0 Å². The predicted molar refractivity (Wildman–Crippen MR) is 109 cm³/mol. The summed E-state index contributed by atoms with van der Waals surface area (Å²) in [7, 11) is 0. The van der Waals surface area contributed by atoms with Gasteiger partial charge < -0.3 is 15.5 Å². The smallest absolute Gasteiger partial charge is 0.358 e. The second-order valence-electron chi connectivity index (χ2n) is 7.75. The number of halogens is 6. The van der Waals surface area contributed by atoms with Crippen molar-refractivity contribution in [3.63, 3.8) is 0 Å². The van der Waals surface area contributed by atoms with Crippen LogP contribution < -0.4 is 10.6 Å². The number of anilines is 1. The summed E-state index contributed by atoms with van der Waals surface area (Å²) < 4.78 is 78.3. The zero-order valence-corrected chi connectivity index (χ0v) is 17.8. The summed E-state index contributed by atoms with van der Waals surface area (Å²) in [6.07, 6.45) is -5.54. The van der Waals surface area contributed by atoms with E-state index in [0.717, 1.165) is 32.4 Å². The van der Waals surface area contributed by atoms with Gasteiger partial charge in [-0.05, 0) is 62.3 Å². The van der Waals surface area contributed by atoms with Crippen molar-refractivity contribution in [2.45, 2.75) is 57.9 Å².